The van der Waals surface area contributed by atoms with Gasteiger partial charge in [-0.15, -0.1) is 238 Å². The summed E-state index contributed by atoms with van der Waals surface area (Å²) in [6.07, 6.45) is 14.1. The van der Waals surface area contributed by atoms with Gasteiger partial charge in [-0.1, -0.05) is 266 Å². The fourth-order valence-corrected chi connectivity index (χ4v) is 28.9. The van der Waals surface area contributed by atoms with Crippen molar-refractivity contribution < 1.29 is 88.6 Å². The Balaban J connectivity index is 0.000000147. The van der Waals surface area contributed by atoms with Gasteiger partial charge in [0.1, 0.15) is 0 Å². The van der Waals surface area contributed by atoms with Gasteiger partial charge < -0.3 is 39.9 Å². The molecule has 4 radical (unpaired) electrons. The summed E-state index contributed by atoms with van der Waals surface area (Å²) in [4.78, 5) is 34.9. The van der Waals surface area contributed by atoms with Gasteiger partial charge >= 0.3 is 0 Å². The third-order valence-electron chi connectivity index (χ3n) is 24.1. The molecule has 0 spiro atoms. The molecule has 0 aliphatic carbocycles. The average Bonchev–Trinajstić information content (AvgIpc) is 1.59. The number of nitrogens with zero attached hydrogens (tertiary/aromatic N) is 8. The van der Waals surface area contributed by atoms with E-state index in [-0.39, 0.29) is 80.4 Å². The Kier molecular flexibility index (Phi) is 36.8. The van der Waals surface area contributed by atoms with Crippen LogP contribution in [-0.2, 0) is 80.4 Å². The molecule has 0 atom stereocenters. The first-order chi connectivity index (χ1) is 72.1. The molecular formula is C128H112Ir4N8S4Si4-8. The van der Waals surface area contributed by atoms with E-state index < -0.39 is 46.0 Å². The van der Waals surface area contributed by atoms with Crippen molar-refractivity contribution in [3.8, 4) is 90.1 Å². The van der Waals surface area contributed by atoms with Crippen molar-refractivity contribution in [1.29, 1.82) is 0 Å². The van der Waals surface area contributed by atoms with Crippen molar-refractivity contribution in [3.05, 3.63) is 460 Å². The molecule has 24 aromatic rings. The van der Waals surface area contributed by atoms with Gasteiger partial charge in [0.25, 0.3) is 0 Å². The first-order valence-electron chi connectivity index (χ1n) is 50.9. The maximum absolute atomic E-state index is 7.33. The number of aryl methyl sites for hydroxylation is 4. The van der Waals surface area contributed by atoms with Crippen LogP contribution in [-0.4, -0.2) is 72.2 Å². The van der Waals surface area contributed by atoms with Gasteiger partial charge in [0.05, 0.1) is 24.2 Å². The minimum Gasteiger partial charge on any atom is -0.305 e. The predicted octanol–water partition coefficient (Wildman–Crippen LogP) is 33.3. The molecule has 12 aromatic heterocycles. The van der Waals surface area contributed by atoms with E-state index in [1.807, 2.05) is 246 Å². The molecule has 0 N–H and O–H groups in total. The van der Waals surface area contributed by atoms with Crippen molar-refractivity contribution in [2.45, 2.75) is 106 Å². The maximum atomic E-state index is 7.33. The molecule has 0 aliphatic rings. The number of benzene rings is 12. The van der Waals surface area contributed by atoms with Crippen LogP contribution in [0.2, 0.25) is 78.6 Å². The fourth-order valence-electron chi connectivity index (χ4n) is 16.9. The van der Waals surface area contributed by atoms with E-state index in [4.69, 9.17) is 8.22 Å². The first-order valence-corrected chi connectivity index (χ1v) is 65.1. The van der Waals surface area contributed by atoms with Gasteiger partial charge in [-0.05, 0) is 185 Å². The van der Waals surface area contributed by atoms with Crippen LogP contribution < -0.4 is 20.7 Å². The number of fused-ring (bicyclic) bond motifs is 12. The van der Waals surface area contributed by atoms with E-state index in [0.717, 1.165) is 78.7 Å². The summed E-state index contributed by atoms with van der Waals surface area (Å²) in [5.41, 5.74) is 18.5. The quantitative estimate of drug-likeness (QED) is 0.0880. The van der Waals surface area contributed by atoms with Crippen LogP contribution in [0, 0.1) is 76.1 Å². The van der Waals surface area contributed by atoms with Crippen LogP contribution in [0.4, 0.5) is 0 Å². The van der Waals surface area contributed by atoms with E-state index >= 15 is 0 Å². The van der Waals surface area contributed by atoms with E-state index in [9.17, 15) is 0 Å². The van der Waals surface area contributed by atoms with E-state index in [1.54, 1.807) is 34.6 Å². The van der Waals surface area contributed by atoms with Crippen molar-refractivity contribution in [2.75, 3.05) is 0 Å². The predicted molar refractivity (Wildman–Crippen MR) is 630 cm³/mol. The summed E-state index contributed by atoms with van der Waals surface area (Å²) in [5.74, 6) is 0. The molecule has 0 fully saturated rings. The third-order valence-corrected chi connectivity index (χ3v) is 37.2. The summed E-state index contributed by atoms with van der Waals surface area (Å²) >= 11 is 7.49. The summed E-state index contributed by atoms with van der Waals surface area (Å²) in [6, 6.07) is 139. The number of thiophene rings is 4. The summed E-state index contributed by atoms with van der Waals surface area (Å²) in [5, 5.41) is 17.0. The van der Waals surface area contributed by atoms with Crippen LogP contribution in [0.1, 0.15) is 30.5 Å². The number of hydrogen-bond donors (Lipinski definition) is 0. The van der Waals surface area contributed by atoms with Gasteiger partial charge in [0.2, 0.25) is 0 Å². The molecule has 0 bridgehead atoms. The summed E-state index contributed by atoms with van der Waals surface area (Å²) < 4.78 is 54.7. The van der Waals surface area contributed by atoms with E-state index in [2.05, 4.69) is 320 Å². The molecule has 12 aromatic carbocycles. The van der Waals surface area contributed by atoms with Crippen molar-refractivity contribution in [2.24, 2.45) is 0 Å². The molecule has 0 aliphatic heterocycles. The second-order valence-electron chi connectivity index (χ2n) is 38.8. The normalized spacial score (nSPS) is 11.8. The van der Waals surface area contributed by atoms with Gasteiger partial charge in [-0.2, -0.15) is 45.3 Å². The Labute approximate surface area is 954 Å². The molecule has 748 valence electrons. The Bertz CT molecular complexity index is 8520. The largest absolute Gasteiger partial charge is 0.305 e. The summed E-state index contributed by atoms with van der Waals surface area (Å²) in [6.45, 7) is 28.8. The fraction of sp³-hybridized carbons (Fsp3) is 0.125. The second kappa shape index (κ2) is 52.1. The molecule has 0 saturated carbocycles. The van der Waals surface area contributed by atoms with Crippen LogP contribution in [0.5, 0.6) is 0 Å². The zero-order chi connectivity index (χ0) is 105. The Hall–Kier alpha value is -11.8. The number of rotatable bonds is 12. The molecule has 0 amide bonds. The zero-order valence-corrected chi connectivity index (χ0v) is 101. The van der Waals surface area contributed by atoms with Gasteiger partial charge in [0.15, 0.2) is 0 Å². The SMILES string of the molecule is C[Si](C)(C)c1c[c-]c(-c2ccccn2)c2sc3ccccc3c12.C[Si](C)(C)c1ccc2c(c1)sc1c(-c3ccccn3)[c-]ccc12.C[Si](C)(C)c1cccc2c1sc1c(-c3ccccn3)[c-]ccc12.C[Si](C)(C)c1cccc2sc3c(-c4ccccn4)[c-]ccc3c12.Cc1ccnc(-c2[c-]cccc2)c1.Cc1ccnc(-c2[c-]cccc2)c1.[2H]C([2H])([2H])c1ccnc(-c2[c-]cccc2)c1.[2H]C([2H])([2H])c1ccnc(-c2[c-]cccc2)c1.[Ir].[Ir].[Ir].[Ir]. The smallest absolute Gasteiger partial charge is 0.0794 e. The van der Waals surface area contributed by atoms with Crippen LogP contribution >= 0.6 is 45.3 Å². The van der Waals surface area contributed by atoms with Crippen LogP contribution in [0.25, 0.3) is 171 Å². The number of hydrogen-bond acceptors (Lipinski definition) is 12. The van der Waals surface area contributed by atoms with E-state index in [0.29, 0.717) is 22.5 Å². The Morgan fingerprint density at radius 2 is 0.568 bits per heavy atom. The van der Waals surface area contributed by atoms with Gasteiger partial charge in [0, 0.05) is 165 Å². The number of pyridine rings is 8. The monoisotopic (exact) mass is 2780 g/mol. The standard InChI is InChI=1S/4C20H18NSSi.4C12H10N.4Ir/c1-23(2,3)18-12-7-9-15-14-8-6-10-16(19(14)22-20(15)18)17-11-4-5-13-21-17;1-23(2,3)18-12-7-11-17-19(18)15-9-6-8-14(20(15)22-17)16-10-4-5-13-21-16;1-23(2,3)14-10-11-15-16-7-6-8-17(18-9-4-5-12-21-18)20(16)22-19(15)13-14;1-23(2,3)18-12-11-14(16-9-6-7-13-21-16)20-19(18)15-8-4-5-10-17(15)22-20;4*1-10-7-8-13-12(9-10)11-5-3-2-4-6-11;;;;/h4-9,11-13H,1-3H3;2*4-7,9-13H,1-3H3;4-10,12-13H,1-3H3;4*2-5,7-9H,1H3;;;;/q8*-1;;;;/i;;;;2*1D3;;;;;;. The minimum atomic E-state index is -2.09. The summed E-state index contributed by atoms with van der Waals surface area (Å²) in [7, 11) is -5.51. The molecule has 24 rings (SSSR count). The van der Waals surface area contributed by atoms with Crippen molar-refractivity contribution in [3.63, 3.8) is 0 Å². The second-order valence-corrected chi connectivity index (χ2v) is 63.2. The van der Waals surface area contributed by atoms with Crippen LogP contribution in [0.15, 0.2) is 389 Å². The molecular weight excluding hydrogens is 2660 g/mol. The molecule has 0 saturated heterocycles. The van der Waals surface area contributed by atoms with E-state index in [1.165, 1.54) is 127 Å². The van der Waals surface area contributed by atoms with Crippen molar-refractivity contribution in [1.82, 2.24) is 39.9 Å². The Morgan fingerprint density at radius 3 is 0.986 bits per heavy atom. The molecule has 20 heteroatoms. The van der Waals surface area contributed by atoms with Gasteiger partial charge in [-0.25, -0.2) is 0 Å². The topological polar surface area (TPSA) is 103 Å². The van der Waals surface area contributed by atoms with Crippen LogP contribution in [0.3, 0.4) is 0 Å². The maximum Gasteiger partial charge on any atom is 0.0794 e. The molecule has 0 unspecified atom stereocenters. The molecule has 12 heterocycles. The first kappa shape index (κ1) is 105. The van der Waals surface area contributed by atoms with Crippen molar-refractivity contribution >= 4 is 179 Å². The Morgan fingerprint density at radius 1 is 0.223 bits per heavy atom. The molecule has 148 heavy (non-hydrogen) atoms. The van der Waals surface area contributed by atoms with Gasteiger partial charge in [-0.3, -0.25) is 0 Å². The molecule has 8 nitrogen and oxygen atoms in total. The third kappa shape index (κ3) is 28.1. The zero-order valence-electron chi connectivity index (χ0n) is 90.5. The average molecular weight is 2780 g/mol. The minimum absolute atomic E-state index is 0. The number of aromatic nitrogens is 8.